The van der Waals surface area contributed by atoms with Gasteiger partial charge in [-0.25, -0.2) is 0 Å². The number of hydrogen-bond donors (Lipinski definition) is 1. The van der Waals surface area contributed by atoms with Gasteiger partial charge in [0.05, 0.1) is 0 Å². The highest BCUT2D eigenvalue weighted by Crippen LogP contribution is 2.20. The van der Waals surface area contributed by atoms with Crippen LogP contribution in [0.5, 0.6) is 0 Å². The van der Waals surface area contributed by atoms with Crippen LogP contribution in [0.3, 0.4) is 0 Å². The van der Waals surface area contributed by atoms with Crippen LogP contribution in [0.4, 0.5) is 0 Å². The summed E-state index contributed by atoms with van der Waals surface area (Å²) >= 11 is 3.46. The van der Waals surface area contributed by atoms with Crippen LogP contribution in [0.1, 0.15) is 44.2 Å². The summed E-state index contributed by atoms with van der Waals surface area (Å²) in [5.74, 6) is 0.894. The van der Waals surface area contributed by atoms with Crippen LogP contribution in [0.25, 0.3) is 0 Å². The number of nitrogens with zero attached hydrogens (tertiary/aromatic N) is 1. The standard InChI is InChI=1S/C16H25BrN2/c1-13-3-2-10-19(11-8-13)12-9-16(18)14-4-6-15(17)7-5-14/h4-7,13,16H,2-3,8-12,18H2,1H3. The molecule has 19 heavy (non-hydrogen) atoms. The second-order valence-corrected chi connectivity index (χ2v) is 6.74. The van der Waals surface area contributed by atoms with Crippen molar-refractivity contribution < 1.29 is 0 Å². The number of hydrogen-bond acceptors (Lipinski definition) is 2. The van der Waals surface area contributed by atoms with Crippen molar-refractivity contribution in [2.45, 2.75) is 38.6 Å². The fourth-order valence-electron chi connectivity index (χ4n) is 2.74. The molecule has 1 aromatic carbocycles. The highest BCUT2D eigenvalue weighted by atomic mass is 79.9. The van der Waals surface area contributed by atoms with Crippen molar-refractivity contribution in [2.24, 2.45) is 11.7 Å². The van der Waals surface area contributed by atoms with Gasteiger partial charge in [0.2, 0.25) is 0 Å². The van der Waals surface area contributed by atoms with Crippen LogP contribution in [0.15, 0.2) is 28.7 Å². The molecule has 2 unspecified atom stereocenters. The molecule has 2 N–H and O–H groups in total. The minimum absolute atomic E-state index is 0.161. The van der Waals surface area contributed by atoms with Gasteiger partial charge in [-0.2, -0.15) is 0 Å². The lowest BCUT2D eigenvalue weighted by Gasteiger charge is -2.22. The molecule has 3 heteroatoms. The Kier molecular flexibility index (Phi) is 5.86. The van der Waals surface area contributed by atoms with Gasteiger partial charge in [-0.1, -0.05) is 35.0 Å². The van der Waals surface area contributed by atoms with Crippen LogP contribution in [0, 0.1) is 5.92 Å². The molecule has 0 aromatic heterocycles. The van der Waals surface area contributed by atoms with E-state index in [9.17, 15) is 0 Å². The molecule has 0 radical (unpaired) electrons. The molecule has 1 aliphatic heterocycles. The summed E-state index contributed by atoms with van der Waals surface area (Å²) in [5.41, 5.74) is 7.53. The summed E-state index contributed by atoms with van der Waals surface area (Å²) in [6.45, 7) is 5.99. The van der Waals surface area contributed by atoms with Crippen molar-refractivity contribution in [3.8, 4) is 0 Å². The van der Waals surface area contributed by atoms with Crippen molar-refractivity contribution in [1.82, 2.24) is 4.90 Å². The molecule has 2 nitrogen and oxygen atoms in total. The average molecular weight is 325 g/mol. The lowest BCUT2D eigenvalue weighted by atomic mass is 10.0. The maximum absolute atomic E-state index is 6.29. The van der Waals surface area contributed by atoms with Crippen molar-refractivity contribution in [3.63, 3.8) is 0 Å². The third kappa shape index (κ3) is 4.90. The topological polar surface area (TPSA) is 29.3 Å². The van der Waals surface area contributed by atoms with Crippen molar-refractivity contribution in [2.75, 3.05) is 19.6 Å². The first-order valence-corrected chi connectivity index (χ1v) is 8.18. The zero-order valence-electron chi connectivity index (χ0n) is 11.8. The number of likely N-dealkylation sites (tertiary alicyclic amines) is 1. The van der Waals surface area contributed by atoms with E-state index >= 15 is 0 Å². The molecular formula is C16H25BrN2. The molecule has 0 aliphatic carbocycles. The predicted molar refractivity (Wildman–Crippen MR) is 85.1 cm³/mol. The van der Waals surface area contributed by atoms with E-state index < -0.39 is 0 Å². The summed E-state index contributed by atoms with van der Waals surface area (Å²) in [7, 11) is 0. The van der Waals surface area contributed by atoms with E-state index in [1.165, 1.54) is 37.9 Å². The zero-order valence-corrected chi connectivity index (χ0v) is 13.4. The van der Waals surface area contributed by atoms with Gasteiger partial charge >= 0.3 is 0 Å². The van der Waals surface area contributed by atoms with Crippen molar-refractivity contribution in [1.29, 1.82) is 0 Å². The molecule has 1 aromatic rings. The molecule has 0 bridgehead atoms. The lowest BCUT2D eigenvalue weighted by Crippen LogP contribution is -2.28. The molecule has 1 aliphatic rings. The molecule has 0 amide bonds. The van der Waals surface area contributed by atoms with Gasteiger partial charge in [-0.15, -0.1) is 0 Å². The highest BCUT2D eigenvalue weighted by Gasteiger charge is 2.15. The van der Waals surface area contributed by atoms with Crippen LogP contribution in [-0.4, -0.2) is 24.5 Å². The largest absolute Gasteiger partial charge is 0.324 e. The van der Waals surface area contributed by atoms with Gasteiger partial charge in [0.25, 0.3) is 0 Å². The fraction of sp³-hybridized carbons (Fsp3) is 0.625. The first-order valence-electron chi connectivity index (χ1n) is 7.38. The van der Waals surface area contributed by atoms with Crippen molar-refractivity contribution in [3.05, 3.63) is 34.3 Å². The molecule has 1 saturated heterocycles. The normalized spacial score (nSPS) is 23.0. The van der Waals surface area contributed by atoms with Crippen LogP contribution in [0.2, 0.25) is 0 Å². The molecule has 1 heterocycles. The van der Waals surface area contributed by atoms with Gasteiger partial charge in [0, 0.05) is 10.5 Å². The molecule has 0 saturated carbocycles. The Labute approximate surface area is 125 Å². The van der Waals surface area contributed by atoms with E-state index in [1.54, 1.807) is 0 Å². The van der Waals surface area contributed by atoms with Crippen LogP contribution >= 0.6 is 15.9 Å². The highest BCUT2D eigenvalue weighted by molar-refractivity contribution is 9.10. The minimum Gasteiger partial charge on any atom is -0.324 e. The van der Waals surface area contributed by atoms with E-state index in [4.69, 9.17) is 5.73 Å². The number of rotatable bonds is 4. The summed E-state index contributed by atoms with van der Waals surface area (Å²) in [6.07, 6.45) is 5.12. The van der Waals surface area contributed by atoms with E-state index in [2.05, 4.69) is 52.0 Å². The third-order valence-corrected chi connectivity index (χ3v) is 4.69. The van der Waals surface area contributed by atoms with E-state index in [0.717, 1.165) is 23.4 Å². The summed E-state index contributed by atoms with van der Waals surface area (Å²) in [4.78, 5) is 2.59. The van der Waals surface area contributed by atoms with Crippen molar-refractivity contribution >= 4 is 15.9 Å². The Bertz CT molecular complexity index is 377. The lowest BCUT2D eigenvalue weighted by molar-refractivity contribution is 0.270. The fourth-order valence-corrected chi connectivity index (χ4v) is 3.01. The molecule has 1 fully saturated rings. The Morgan fingerprint density at radius 3 is 2.74 bits per heavy atom. The maximum atomic E-state index is 6.29. The SMILES string of the molecule is CC1CCCN(CCC(N)c2ccc(Br)cc2)CC1. The Hall–Kier alpha value is -0.380. The number of nitrogens with two attached hydrogens (primary N) is 1. The third-order valence-electron chi connectivity index (χ3n) is 4.16. The first kappa shape index (κ1) is 15.0. The van der Waals surface area contributed by atoms with Gasteiger partial charge in [0.1, 0.15) is 0 Å². The predicted octanol–water partition coefficient (Wildman–Crippen LogP) is 3.96. The molecule has 106 valence electrons. The Balaban J connectivity index is 1.79. The summed E-state index contributed by atoms with van der Waals surface area (Å²) in [5, 5.41) is 0. The van der Waals surface area contributed by atoms with Gasteiger partial charge in [0.15, 0.2) is 0 Å². The van der Waals surface area contributed by atoms with Gasteiger partial charge in [-0.05, 0) is 68.9 Å². The smallest absolute Gasteiger partial charge is 0.0307 e. The van der Waals surface area contributed by atoms with Gasteiger partial charge < -0.3 is 10.6 Å². The molecule has 0 spiro atoms. The van der Waals surface area contributed by atoms with Crippen LogP contribution < -0.4 is 5.73 Å². The molecule has 2 rings (SSSR count). The maximum Gasteiger partial charge on any atom is 0.0307 e. The molecule has 2 atom stereocenters. The summed E-state index contributed by atoms with van der Waals surface area (Å²) < 4.78 is 1.12. The second kappa shape index (κ2) is 7.41. The van der Waals surface area contributed by atoms with Gasteiger partial charge in [-0.3, -0.25) is 0 Å². The van der Waals surface area contributed by atoms with E-state index in [0.29, 0.717) is 0 Å². The summed E-state index contributed by atoms with van der Waals surface area (Å²) in [6, 6.07) is 8.55. The monoisotopic (exact) mass is 324 g/mol. The van der Waals surface area contributed by atoms with E-state index in [-0.39, 0.29) is 6.04 Å². The Morgan fingerprint density at radius 2 is 2.00 bits per heavy atom. The Morgan fingerprint density at radius 1 is 1.26 bits per heavy atom. The quantitative estimate of drug-likeness (QED) is 0.908. The number of halogens is 1. The average Bonchev–Trinajstić information content (AvgIpc) is 2.61. The number of benzene rings is 1. The van der Waals surface area contributed by atoms with E-state index in [1.807, 2.05) is 0 Å². The van der Waals surface area contributed by atoms with Crippen LogP contribution in [-0.2, 0) is 0 Å². The first-order chi connectivity index (χ1) is 9.15. The zero-order chi connectivity index (χ0) is 13.7. The molecular weight excluding hydrogens is 300 g/mol. The minimum atomic E-state index is 0.161. The second-order valence-electron chi connectivity index (χ2n) is 5.82.